The summed E-state index contributed by atoms with van der Waals surface area (Å²) in [5.74, 6) is -0.212. The second kappa shape index (κ2) is 8.89. The summed E-state index contributed by atoms with van der Waals surface area (Å²) in [5, 5.41) is 0.676. The number of thioether (sulfide) groups is 1. The van der Waals surface area contributed by atoms with Crippen molar-refractivity contribution in [3.63, 3.8) is 0 Å². The standard InChI is InChI=1S/C22H21NO4S/c1-14(2)27-20(24)13-26-18-7-5-4-6-17(18)12-19-21(25)23-22(28-19)16-10-8-15(3)9-11-16/h4-12,14H,13H2,1-3H3. The van der Waals surface area contributed by atoms with Gasteiger partial charge in [-0.25, -0.2) is 9.79 Å². The summed E-state index contributed by atoms with van der Waals surface area (Å²) in [6.07, 6.45) is 1.54. The Bertz CT molecular complexity index is 945. The van der Waals surface area contributed by atoms with Gasteiger partial charge in [-0.2, -0.15) is 0 Å². The molecule has 0 aromatic heterocycles. The second-order valence-corrected chi connectivity index (χ2v) is 7.59. The molecule has 0 atom stereocenters. The normalized spacial score (nSPS) is 15.1. The lowest BCUT2D eigenvalue weighted by molar-refractivity contribution is -0.149. The summed E-state index contributed by atoms with van der Waals surface area (Å²) in [6, 6.07) is 15.1. The molecule has 28 heavy (non-hydrogen) atoms. The van der Waals surface area contributed by atoms with E-state index in [2.05, 4.69) is 4.99 Å². The van der Waals surface area contributed by atoms with Gasteiger partial charge in [0.05, 0.1) is 11.0 Å². The van der Waals surface area contributed by atoms with Gasteiger partial charge in [0.25, 0.3) is 5.91 Å². The van der Waals surface area contributed by atoms with Crippen LogP contribution in [0.3, 0.4) is 0 Å². The summed E-state index contributed by atoms with van der Waals surface area (Å²) < 4.78 is 10.7. The Morgan fingerprint density at radius 2 is 1.86 bits per heavy atom. The Hall–Kier alpha value is -2.86. The minimum absolute atomic E-state index is 0.190. The Balaban J connectivity index is 1.74. The van der Waals surface area contributed by atoms with Crippen molar-refractivity contribution in [3.8, 4) is 5.75 Å². The van der Waals surface area contributed by atoms with Gasteiger partial charge in [-0.05, 0) is 32.9 Å². The number of esters is 1. The zero-order chi connectivity index (χ0) is 20.1. The fraction of sp³-hybridized carbons (Fsp3) is 0.227. The number of rotatable bonds is 6. The van der Waals surface area contributed by atoms with Crippen molar-refractivity contribution in [2.24, 2.45) is 4.99 Å². The Labute approximate surface area is 168 Å². The van der Waals surface area contributed by atoms with Crippen LogP contribution in [0.25, 0.3) is 6.08 Å². The van der Waals surface area contributed by atoms with Crippen molar-refractivity contribution in [2.45, 2.75) is 26.9 Å². The summed E-state index contributed by atoms with van der Waals surface area (Å²) in [4.78, 5) is 28.7. The molecule has 5 nitrogen and oxygen atoms in total. The first-order valence-corrected chi connectivity index (χ1v) is 9.75. The van der Waals surface area contributed by atoms with Crippen LogP contribution < -0.4 is 4.74 Å². The fourth-order valence-electron chi connectivity index (χ4n) is 2.53. The van der Waals surface area contributed by atoms with Crippen molar-refractivity contribution in [1.82, 2.24) is 0 Å². The van der Waals surface area contributed by atoms with Gasteiger partial charge in [0.15, 0.2) is 6.61 Å². The molecule has 1 heterocycles. The van der Waals surface area contributed by atoms with Gasteiger partial charge in [-0.3, -0.25) is 4.79 Å². The van der Waals surface area contributed by atoms with Crippen LogP contribution in [0.4, 0.5) is 0 Å². The average Bonchev–Trinajstić information content (AvgIpc) is 3.01. The number of para-hydroxylation sites is 1. The molecular weight excluding hydrogens is 374 g/mol. The van der Waals surface area contributed by atoms with Crippen LogP contribution in [-0.4, -0.2) is 29.6 Å². The molecule has 2 aromatic rings. The van der Waals surface area contributed by atoms with Crippen LogP contribution in [-0.2, 0) is 14.3 Å². The number of amides is 1. The van der Waals surface area contributed by atoms with Crippen molar-refractivity contribution >= 4 is 34.8 Å². The number of ether oxygens (including phenoxy) is 2. The van der Waals surface area contributed by atoms with Gasteiger partial charge in [0.1, 0.15) is 10.8 Å². The highest BCUT2D eigenvalue weighted by molar-refractivity contribution is 8.19. The van der Waals surface area contributed by atoms with E-state index in [-0.39, 0.29) is 18.6 Å². The van der Waals surface area contributed by atoms with E-state index >= 15 is 0 Å². The van der Waals surface area contributed by atoms with E-state index in [4.69, 9.17) is 9.47 Å². The van der Waals surface area contributed by atoms with Gasteiger partial charge in [0.2, 0.25) is 0 Å². The maximum absolute atomic E-state index is 12.3. The molecule has 1 amide bonds. The lowest BCUT2D eigenvalue weighted by Gasteiger charge is -2.11. The maximum Gasteiger partial charge on any atom is 0.344 e. The first-order chi connectivity index (χ1) is 13.4. The quantitative estimate of drug-likeness (QED) is 0.536. The van der Waals surface area contributed by atoms with Crippen LogP contribution in [0.15, 0.2) is 58.4 Å². The van der Waals surface area contributed by atoms with E-state index in [9.17, 15) is 9.59 Å². The van der Waals surface area contributed by atoms with Gasteiger partial charge >= 0.3 is 5.97 Å². The third kappa shape index (κ3) is 5.10. The summed E-state index contributed by atoms with van der Waals surface area (Å²) in [7, 11) is 0. The van der Waals surface area contributed by atoms with Gasteiger partial charge in [-0.1, -0.05) is 59.8 Å². The molecule has 0 saturated heterocycles. The third-order valence-corrected chi connectivity index (χ3v) is 4.87. The molecule has 0 bridgehead atoms. The molecule has 2 aromatic carbocycles. The van der Waals surface area contributed by atoms with Crippen LogP contribution in [0, 0.1) is 6.92 Å². The molecular formula is C22H21NO4S. The molecule has 6 heteroatoms. The lowest BCUT2D eigenvalue weighted by atomic mass is 10.2. The Kier molecular flexibility index (Phi) is 6.31. The van der Waals surface area contributed by atoms with Crippen molar-refractivity contribution in [1.29, 1.82) is 0 Å². The third-order valence-electron chi connectivity index (χ3n) is 3.84. The number of aryl methyl sites for hydroxylation is 1. The molecule has 0 saturated carbocycles. The molecule has 144 valence electrons. The molecule has 0 aliphatic carbocycles. The number of nitrogens with zero attached hydrogens (tertiary/aromatic N) is 1. The SMILES string of the molecule is Cc1ccc(C2=NC(=O)C(=Cc3ccccc3OCC(=O)OC(C)C)S2)cc1. The van der Waals surface area contributed by atoms with E-state index in [1.165, 1.54) is 11.8 Å². The first kappa shape index (κ1) is 19.9. The lowest BCUT2D eigenvalue weighted by Crippen LogP contribution is -2.18. The number of hydrogen-bond donors (Lipinski definition) is 0. The van der Waals surface area contributed by atoms with Crippen LogP contribution in [0.1, 0.15) is 30.5 Å². The van der Waals surface area contributed by atoms with Crippen molar-refractivity contribution in [3.05, 3.63) is 70.1 Å². The maximum atomic E-state index is 12.3. The highest BCUT2D eigenvalue weighted by Crippen LogP contribution is 2.33. The predicted octanol–water partition coefficient (Wildman–Crippen LogP) is 4.39. The van der Waals surface area contributed by atoms with Gasteiger partial charge in [0, 0.05) is 11.1 Å². The molecule has 1 aliphatic heterocycles. The minimum atomic E-state index is -0.436. The van der Waals surface area contributed by atoms with E-state index < -0.39 is 5.97 Å². The number of benzene rings is 2. The van der Waals surface area contributed by atoms with E-state index in [0.29, 0.717) is 21.3 Å². The Morgan fingerprint density at radius 1 is 1.14 bits per heavy atom. The molecule has 0 fully saturated rings. The minimum Gasteiger partial charge on any atom is -0.481 e. The van der Waals surface area contributed by atoms with Gasteiger partial charge in [-0.15, -0.1) is 0 Å². The first-order valence-electron chi connectivity index (χ1n) is 8.93. The molecule has 0 spiro atoms. The highest BCUT2D eigenvalue weighted by Gasteiger charge is 2.23. The smallest absolute Gasteiger partial charge is 0.344 e. The molecule has 1 aliphatic rings. The number of aliphatic imine (C=N–C) groups is 1. The fourth-order valence-corrected chi connectivity index (χ4v) is 3.44. The zero-order valence-electron chi connectivity index (χ0n) is 16.0. The largest absolute Gasteiger partial charge is 0.481 e. The van der Waals surface area contributed by atoms with Crippen LogP contribution in [0.5, 0.6) is 5.75 Å². The second-order valence-electron chi connectivity index (χ2n) is 6.56. The zero-order valence-corrected chi connectivity index (χ0v) is 16.8. The van der Waals surface area contributed by atoms with Crippen LogP contribution in [0.2, 0.25) is 0 Å². The average molecular weight is 395 g/mol. The summed E-state index contributed by atoms with van der Waals surface area (Å²) in [5.41, 5.74) is 2.76. The van der Waals surface area contributed by atoms with Crippen molar-refractivity contribution in [2.75, 3.05) is 6.61 Å². The number of carbonyl (C=O) groups is 2. The molecule has 0 radical (unpaired) electrons. The molecule has 0 N–H and O–H groups in total. The molecule has 0 unspecified atom stereocenters. The number of carbonyl (C=O) groups excluding carboxylic acids is 2. The predicted molar refractivity (Wildman–Crippen MR) is 111 cm³/mol. The summed E-state index contributed by atoms with van der Waals surface area (Å²) >= 11 is 1.33. The van der Waals surface area contributed by atoms with Gasteiger partial charge < -0.3 is 9.47 Å². The number of hydrogen-bond acceptors (Lipinski definition) is 5. The Morgan fingerprint density at radius 3 is 2.57 bits per heavy atom. The van der Waals surface area contributed by atoms with Crippen molar-refractivity contribution < 1.29 is 19.1 Å². The topological polar surface area (TPSA) is 65.0 Å². The highest BCUT2D eigenvalue weighted by atomic mass is 32.2. The van der Waals surface area contributed by atoms with E-state index in [0.717, 1.165) is 11.1 Å². The van der Waals surface area contributed by atoms with E-state index in [1.807, 2.05) is 49.4 Å². The molecule has 3 rings (SSSR count). The monoisotopic (exact) mass is 395 g/mol. The summed E-state index contributed by atoms with van der Waals surface area (Å²) in [6.45, 7) is 5.39. The van der Waals surface area contributed by atoms with E-state index in [1.54, 1.807) is 26.0 Å². The van der Waals surface area contributed by atoms with Crippen LogP contribution >= 0.6 is 11.8 Å².